The molecule has 11 nitrogen and oxygen atoms in total. The quantitative estimate of drug-likeness (QED) is 0.494. The van der Waals surface area contributed by atoms with Crippen LogP contribution in [0.5, 0.6) is 0 Å². The summed E-state index contributed by atoms with van der Waals surface area (Å²) in [6, 6.07) is 9.47. The van der Waals surface area contributed by atoms with E-state index in [2.05, 4.69) is 27.3 Å². The number of hydrogen-bond acceptors (Lipinski definition) is 9. The molecule has 0 aliphatic carbocycles. The topological polar surface area (TPSA) is 159 Å². The maximum atomic E-state index is 12.9. The first kappa shape index (κ1) is 28.4. The molecule has 0 amide bonds. The molecule has 0 saturated heterocycles. The summed E-state index contributed by atoms with van der Waals surface area (Å²) in [5.74, 6) is -1.02. The Morgan fingerprint density at radius 1 is 1.18 bits per heavy atom. The van der Waals surface area contributed by atoms with Crippen LogP contribution in [0.4, 0.5) is 10.6 Å². The number of carbonyl (C=O) groups excluding carboxylic acids is 2. The van der Waals surface area contributed by atoms with Crippen LogP contribution in [0.25, 0.3) is 10.9 Å². The van der Waals surface area contributed by atoms with Gasteiger partial charge >= 0.3 is 12.1 Å². The van der Waals surface area contributed by atoms with Gasteiger partial charge in [-0.25, -0.2) is 9.00 Å². The lowest BCUT2D eigenvalue weighted by atomic mass is 9.81. The van der Waals surface area contributed by atoms with Crippen LogP contribution in [0.2, 0.25) is 0 Å². The van der Waals surface area contributed by atoms with Gasteiger partial charge in [-0.05, 0) is 59.2 Å². The van der Waals surface area contributed by atoms with E-state index in [-0.39, 0.29) is 24.6 Å². The number of aromatic nitrogens is 2. The molecular weight excluding hydrogens is 508 g/mol. The van der Waals surface area contributed by atoms with E-state index in [1.807, 2.05) is 0 Å². The van der Waals surface area contributed by atoms with Gasteiger partial charge in [-0.15, -0.1) is 5.10 Å². The number of nitriles is 2. The Bertz CT molecular complexity index is 1420. The molecule has 0 spiro atoms. The van der Waals surface area contributed by atoms with Crippen molar-refractivity contribution in [2.45, 2.75) is 59.5 Å². The number of ether oxygens (including phenoxy) is 2. The van der Waals surface area contributed by atoms with Gasteiger partial charge in [-0.2, -0.15) is 15.2 Å². The minimum atomic E-state index is -1.72. The SMILES string of the molecule is CCOC(=O)CCS(=O)Nc1nn(C(=O)OC(C)(C)C)c2ccc(C3C(C#N)=C(C)NC(C)=C3C#N)cc12. The van der Waals surface area contributed by atoms with Crippen LogP contribution in [0.15, 0.2) is 40.7 Å². The number of carbonyl (C=O) groups is 2. The van der Waals surface area contributed by atoms with Crippen molar-refractivity contribution >= 4 is 39.8 Å². The number of nitrogens with one attached hydrogen (secondary N) is 2. The van der Waals surface area contributed by atoms with Gasteiger partial charge in [0.2, 0.25) is 0 Å². The van der Waals surface area contributed by atoms with E-state index in [1.54, 1.807) is 59.7 Å². The summed E-state index contributed by atoms with van der Waals surface area (Å²) < 4.78 is 27.0. The lowest BCUT2D eigenvalue weighted by molar-refractivity contribution is -0.142. The molecule has 1 unspecified atom stereocenters. The van der Waals surface area contributed by atoms with Crippen LogP contribution in [-0.4, -0.2) is 44.0 Å². The fraction of sp³-hybridized carbons (Fsp3) is 0.423. The molecule has 2 N–H and O–H groups in total. The monoisotopic (exact) mass is 538 g/mol. The highest BCUT2D eigenvalue weighted by molar-refractivity contribution is 7.86. The number of rotatable bonds is 7. The Hall–Kier alpha value is -4.16. The number of benzene rings is 1. The molecule has 12 heteroatoms. The van der Waals surface area contributed by atoms with Gasteiger partial charge < -0.3 is 14.8 Å². The average Bonchev–Trinajstić information content (AvgIpc) is 3.19. The van der Waals surface area contributed by atoms with Crippen molar-refractivity contribution in [3.63, 3.8) is 0 Å². The number of fused-ring (bicyclic) bond motifs is 1. The van der Waals surface area contributed by atoms with Crippen molar-refractivity contribution in [1.82, 2.24) is 15.1 Å². The van der Waals surface area contributed by atoms with E-state index in [0.717, 1.165) is 4.68 Å². The Labute approximate surface area is 223 Å². The zero-order valence-corrected chi connectivity index (χ0v) is 23.0. The molecule has 2 aromatic rings. The van der Waals surface area contributed by atoms with Gasteiger partial charge in [0.15, 0.2) is 5.82 Å². The molecule has 0 bridgehead atoms. The first-order chi connectivity index (χ1) is 17.9. The molecule has 2 heterocycles. The third kappa shape index (κ3) is 6.21. The van der Waals surface area contributed by atoms with Gasteiger partial charge in [-0.3, -0.25) is 9.52 Å². The van der Waals surface area contributed by atoms with E-state index < -0.39 is 34.6 Å². The predicted molar refractivity (Wildman–Crippen MR) is 142 cm³/mol. The maximum absolute atomic E-state index is 12.9. The molecule has 38 heavy (non-hydrogen) atoms. The summed E-state index contributed by atoms with van der Waals surface area (Å²) in [7, 11) is -1.72. The van der Waals surface area contributed by atoms with Gasteiger partial charge in [0.25, 0.3) is 0 Å². The summed E-state index contributed by atoms with van der Waals surface area (Å²) in [5, 5.41) is 27.6. The Morgan fingerprint density at radius 3 is 2.37 bits per heavy atom. The summed E-state index contributed by atoms with van der Waals surface area (Å²) in [4.78, 5) is 24.6. The second-order valence-corrected chi connectivity index (χ2v) is 10.9. The number of anilines is 1. The highest BCUT2D eigenvalue weighted by atomic mass is 32.2. The van der Waals surface area contributed by atoms with Crippen molar-refractivity contribution in [2.75, 3.05) is 17.1 Å². The molecule has 200 valence electrons. The first-order valence-electron chi connectivity index (χ1n) is 12.0. The number of hydrogen-bond donors (Lipinski definition) is 2. The Morgan fingerprint density at radius 2 is 1.82 bits per heavy atom. The summed E-state index contributed by atoms with van der Waals surface area (Å²) in [6.07, 6.45) is -0.798. The predicted octanol–water partition coefficient (Wildman–Crippen LogP) is 4.13. The van der Waals surface area contributed by atoms with Gasteiger partial charge in [0.1, 0.15) is 16.6 Å². The number of esters is 1. The first-order valence-corrected chi connectivity index (χ1v) is 13.3. The molecule has 0 fully saturated rings. The highest BCUT2D eigenvalue weighted by Crippen LogP contribution is 2.39. The van der Waals surface area contributed by atoms with Gasteiger partial charge in [0.05, 0.1) is 53.5 Å². The van der Waals surface area contributed by atoms with Crippen molar-refractivity contribution in [2.24, 2.45) is 0 Å². The van der Waals surface area contributed by atoms with Crippen LogP contribution in [0.1, 0.15) is 59.4 Å². The minimum Gasteiger partial charge on any atom is -0.466 e. The van der Waals surface area contributed by atoms with Crippen molar-refractivity contribution < 1.29 is 23.3 Å². The van der Waals surface area contributed by atoms with E-state index in [9.17, 15) is 24.3 Å². The fourth-order valence-corrected chi connectivity index (χ4v) is 4.85. The van der Waals surface area contributed by atoms with E-state index in [0.29, 0.717) is 39.0 Å². The lowest BCUT2D eigenvalue weighted by Gasteiger charge is -2.26. The van der Waals surface area contributed by atoms with Crippen molar-refractivity contribution in [3.8, 4) is 12.1 Å². The Balaban J connectivity index is 2.11. The molecular formula is C26H30N6O5S. The average molecular weight is 539 g/mol. The van der Waals surface area contributed by atoms with Crippen LogP contribution >= 0.6 is 0 Å². The summed E-state index contributed by atoms with van der Waals surface area (Å²) in [6.45, 7) is 10.6. The van der Waals surface area contributed by atoms with E-state index in [4.69, 9.17) is 9.47 Å². The minimum absolute atomic E-state index is 0.0331. The third-order valence-electron chi connectivity index (χ3n) is 5.61. The maximum Gasteiger partial charge on any atom is 0.435 e. The van der Waals surface area contributed by atoms with Gasteiger partial charge in [0, 0.05) is 16.8 Å². The lowest BCUT2D eigenvalue weighted by Crippen LogP contribution is -2.27. The van der Waals surface area contributed by atoms with Gasteiger partial charge in [-0.1, -0.05) is 6.07 Å². The number of dihydropyridines is 1. The summed E-state index contributed by atoms with van der Waals surface area (Å²) >= 11 is 0. The summed E-state index contributed by atoms with van der Waals surface area (Å²) in [5.41, 5.74) is 2.26. The third-order valence-corrected chi connectivity index (χ3v) is 6.61. The van der Waals surface area contributed by atoms with Crippen molar-refractivity contribution in [1.29, 1.82) is 10.5 Å². The smallest absolute Gasteiger partial charge is 0.435 e. The zero-order chi connectivity index (χ0) is 28.2. The van der Waals surface area contributed by atoms with Crippen molar-refractivity contribution in [3.05, 3.63) is 46.3 Å². The number of nitrogens with zero attached hydrogens (tertiary/aromatic N) is 4. The molecule has 1 aliphatic rings. The molecule has 0 saturated carbocycles. The number of allylic oxidation sites excluding steroid dienone is 4. The molecule has 0 radical (unpaired) electrons. The Kier molecular flexibility index (Phi) is 8.59. The largest absolute Gasteiger partial charge is 0.466 e. The van der Waals surface area contributed by atoms with Crippen LogP contribution < -0.4 is 10.0 Å². The second-order valence-electron chi connectivity index (χ2n) is 9.58. The second kappa shape index (κ2) is 11.5. The standard InChI is InChI=1S/C26H30N6O5S/c1-7-36-22(33)10-11-38(35)31-24-18-12-17(23-19(13-27)15(2)29-16(3)20(23)14-28)8-9-21(18)32(30-24)25(34)37-26(4,5)6/h8-9,12,23,29H,7,10-11H2,1-6H3,(H,30,31). The van der Waals surface area contributed by atoms with Crippen LogP contribution in [-0.2, 0) is 25.3 Å². The molecule has 1 aromatic heterocycles. The molecule has 1 atom stereocenters. The molecule has 1 aromatic carbocycles. The van der Waals surface area contributed by atoms with Crippen LogP contribution in [0, 0.1) is 22.7 Å². The zero-order valence-electron chi connectivity index (χ0n) is 22.2. The molecule has 3 rings (SSSR count). The van der Waals surface area contributed by atoms with E-state index >= 15 is 0 Å². The van der Waals surface area contributed by atoms with E-state index in [1.165, 1.54) is 0 Å². The fourth-order valence-electron chi connectivity index (χ4n) is 4.03. The van der Waals surface area contributed by atoms with Crippen LogP contribution in [0.3, 0.4) is 0 Å². The molecule has 1 aliphatic heterocycles. The normalized spacial score (nSPS) is 14.9. The highest BCUT2D eigenvalue weighted by Gasteiger charge is 2.31.